The molecule has 4 heteroatoms. The molecule has 13 heavy (non-hydrogen) atoms. The van der Waals surface area contributed by atoms with E-state index >= 15 is 0 Å². The first-order valence-electron chi connectivity index (χ1n) is 3.88. The Labute approximate surface area is 87.9 Å². The average Bonchev–Trinajstić information content (AvgIpc) is 2.48. The largest absolute Gasteiger partial charge is 0.241 e. The lowest BCUT2D eigenvalue weighted by Crippen LogP contribution is -1.84. The third-order valence-electron chi connectivity index (χ3n) is 1.86. The number of aromatic nitrogens is 1. The number of rotatable bonds is 1. The molecule has 1 nitrogen and oxygen atoms in total. The molecule has 0 spiro atoms. The zero-order chi connectivity index (χ0) is 9.42. The van der Waals surface area contributed by atoms with Crippen LogP contribution in [0, 0.1) is 0 Å². The van der Waals surface area contributed by atoms with E-state index in [1.807, 2.05) is 18.2 Å². The van der Waals surface area contributed by atoms with Gasteiger partial charge in [-0.2, -0.15) is 4.37 Å². The van der Waals surface area contributed by atoms with E-state index in [1.54, 1.807) is 0 Å². The zero-order valence-corrected chi connectivity index (χ0v) is 9.32. The summed E-state index contributed by atoms with van der Waals surface area (Å²) in [5, 5.41) is 0.911. The minimum Gasteiger partial charge on any atom is -0.241 e. The van der Waals surface area contributed by atoms with Crippen LogP contribution in [0.2, 0.25) is 0 Å². The van der Waals surface area contributed by atoms with Crippen LogP contribution in [0.25, 0.3) is 10.1 Å². The van der Waals surface area contributed by atoms with Crippen molar-refractivity contribution >= 4 is 37.5 Å². The lowest BCUT2D eigenvalue weighted by molar-refractivity contribution is 0.370. The zero-order valence-electron chi connectivity index (χ0n) is 6.92. The Balaban J connectivity index is 2.75. The van der Waals surface area contributed by atoms with Crippen molar-refractivity contribution in [3.63, 3.8) is 0 Å². The summed E-state index contributed by atoms with van der Waals surface area (Å²) in [7, 11) is 0. The van der Waals surface area contributed by atoms with Crippen LogP contribution < -0.4 is 0 Å². The van der Waals surface area contributed by atoms with Gasteiger partial charge in [-0.05, 0) is 40.5 Å². The summed E-state index contributed by atoms with van der Waals surface area (Å²) < 4.78 is 19.1. The van der Waals surface area contributed by atoms with Gasteiger partial charge in [0, 0.05) is 9.86 Å². The van der Waals surface area contributed by atoms with Crippen LogP contribution >= 0.6 is 27.5 Å². The molecule has 68 valence electrons. The van der Waals surface area contributed by atoms with Gasteiger partial charge in [-0.3, -0.25) is 0 Å². The molecule has 0 aliphatic rings. The van der Waals surface area contributed by atoms with Crippen LogP contribution in [0.4, 0.5) is 4.39 Å². The fourth-order valence-corrected chi connectivity index (χ4v) is 2.68. The summed E-state index contributed by atoms with van der Waals surface area (Å²) in [4.78, 5) is 0. The maximum atomic E-state index is 13.1. The number of hydrogen-bond donors (Lipinski definition) is 0. The van der Waals surface area contributed by atoms with Crippen molar-refractivity contribution in [1.82, 2.24) is 4.37 Å². The Hall–Kier alpha value is -0.480. The maximum absolute atomic E-state index is 13.1. The van der Waals surface area contributed by atoms with Gasteiger partial charge in [-0.25, -0.2) is 4.39 Å². The monoisotopic (exact) mass is 259 g/mol. The predicted molar refractivity (Wildman–Crippen MR) is 56.8 cm³/mol. The van der Waals surface area contributed by atoms with Gasteiger partial charge in [-0.1, -0.05) is 12.1 Å². The Morgan fingerprint density at radius 2 is 2.31 bits per heavy atom. The fraction of sp³-hybridized carbons (Fsp3) is 0.222. The first-order valence-corrected chi connectivity index (χ1v) is 5.44. The Morgan fingerprint density at radius 1 is 1.54 bits per heavy atom. The standard InChI is InChI=1S/C9H7BrFNS/c1-5(11)8-6-3-2-4-7(10)9(6)13-12-8/h2-5H,1H3. The molecule has 2 rings (SSSR count). The molecule has 0 bridgehead atoms. The molecule has 0 radical (unpaired) electrons. The van der Waals surface area contributed by atoms with Gasteiger partial charge in [-0.15, -0.1) is 0 Å². The number of halogens is 2. The van der Waals surface area contributed by atoms with Gasteiger partial charge >= 0.3 is 0 Å². The summed E-state index contributed by atoms with van der Waals surface area (Å²) in [5.41, 5.74) is 0.543. The van der Waals surface area contributed by atoms with E-state index in [0.717, 1.165) is 14.6 Å². The van der Waals surface area contributed by atoms with Crippen molar-refractivity contribution in [2.24, 2.45) is 0 Å². The van der Waals surface area contributed by atoms with Gasteiger partial charge in [0.05, 0.1) is 10.4 Å². The first kappa shape index (κ1) is 9.09. The molecule has 0 aliphatic carbocycles. The van der Waals surface area contributed by atoms with Crippen LogP contribution in [0.5, 0.6) is 0 Å². The minimum atomic E-state index is -0.997. The fourth-order valence-electron chi connectivity index (χ4n) is 1.23. The second-order valence-corrected chi connectivity index (χ2v) is 4.43. The number of fused-ring (bicyclic) bond motifs is 1. The smallest absolute Gasteiger partial charge is 0.141 e. The van der Waals surface area contributed by atoms with E-state index in [4.69, 9.17) is 0 Å². The molecule has 0 amide bonds. The summed E-state index contributed by atoms with van der Waals surface area (Å²) >= 11 is 4.74. The summed E-state index contributed by atoms with van der Waals surface area (Å²) in [6, 6.07) is 5.73. The van der Waals surface area contributed by atoms with Crippen LogP contribution in [0.15, 0.2) is 22.7 Å². The highest BCUT2D eigenvalue weighted by atomic mass is 79.9. The minimum absolute atomic E-state index is 0.543. The summed E-state index contributed by atoms with van der Waals surface area (Å²) in [5.74, 6) is 0. The molecule has 1 aromatic carbocycles. The summed E-state index contributed by atoms with van der Waals surface area (Å²) in [6.07, 6.45) is -0.997. The van der Waals surface area contributed by atoms with Gasteiger partial charge in [0.25, 0.3) is 0 Å². The van der Waals surface area contributed by atoms with E-state index in [9.17, 15) is 4.39 Å². The highest BCUT2D eigenvalue weighted by Crippen LogP contribution is 2.33. The third kappa shape index (κ3) is 1.48. The number of nitrogens with zero attached hydrogens (tertiary/aromatic N) is 1. The molecule has 0 saturated carbocycles. The number of hydrogen-bond acceptors (Lipinski definition) is 2. The quantitative estimate of drug-likeness (QED) is 0.752. The van der Waals surface area contributed by atoms with E-state index in [1.165, 1.54) is 18.5 Å². The van der Waals surface area contributed by atoms with E-state index in [2.05, 4.69) is 20.3 Å². The SMILES string of the molecule is CC(F)c1nsc2c(Br)cccc12. The first-order chi connectivity index (χ1) is 6.20. The van der Waals surface area contributed by atoms with Crippen molar-refractivity contribution in [3.8, 4) is 0 Å². The van der Waals surface area contributed by atoms with Crippen LogP contribution in [0.1, 0.15) is 18.8 Å². The Bertz CT molecular complexity index is 438. The van der Waals surface area contributed by atoms with Crippen LogP contribution in [-0.4, -0.2) is 4.37 Å². The molecule has 1 aromatic heterocycles. The molecule has 0 N–H and O–H groups in total. The van der Waals surface area contributed by atoms with E-state index in [-0.39, 0.29) is 0 Å². The average molecular weight is 260 g/mol. The molecule has 0 saturated heterocycles. The topological polar surface area (TPSA) is 12.9 Å². The molecule has 1 atom stereocenters. The molecule has 0 fully saturated rings. The van der Waals surface area contributed by atoms with Crippen molar-refractivity contribution < 1.29 is 4.39 Å². The van der Waals surface area contributed by atoms with Gasteiger partial charge in [0.2, 0.25) is 0 Å². The lowest BCUT2D eigenvalue weighted by atomic mass is 10.2. The normalized spacial score (nSPS) is 13.5. The van der Waals surface area contributed by atoms with Gasteiger partial charge in [0.1, 0.15) is 6.17 Å². The Morgan fingerprint density at radius 3 is 3.00 bits per heavy atom. The third-order valence-corrected chi connectivity index (χ3v) is 3.69. The molecular weight excluding hydrogens is 253 g/mol. The van der Waals surface area contributed by atoms with Crippen LogP contribution in [-0.2, 0) is 0 Å². The second-order valence-electron chi connectivity index (χ2n) is 2.80. The number of benzene rings is 1. The molecule has 2 aromatic rings. The van der Waals surface area contributed by atoms with E-state index < -0.39 is 6.17 Å². The van der Waals surface area contributed by atoms with Crippen molar-refractivity contribution in [2.45, 2.75) is 13.1 Å². The highest BCUT2D eigenvalue weighted by molar-refractivity contribution is 9.10. The number of alkyl halides is 1. The van der Waals surface area contributed by atoms with Crippen molar-refractivity contribution in [2.75, 3.05) is 0 Å². The molecular formula is C9H7BrFNS. The maximum Gasteiger partial charge on any atom is 0.141 e. The Kier molecular flexibility index (Phi) is 2.34. The highest BCUT2D eigenvalue weighted by Gasteiger charge is 2.13. The molecule has 1 heterocycles. The molecule has 0 aliphatic heterocycles. The van der Waals surface area contributed by atoms with Crippen LogP contribution in [0.3, 0.4) is 0 Å². The van der Waals surface area contributed by atoms with E-state index in [0.29, 0.717) is 5.69 Å². The van der Waals surface area contributed by atoms with Crippen molar-refractivity contribution in [1.29, 1.82) is 0 Å². The second kappa shape index (κ2) is 3.35. The van der Waals surface area contributed by atoms with Gasteiger partial charge in [0.15, 0.2) is 0 Å². The lowest BCUT2D eigenvalue weighted by Gasteiger charge is -1.97. The predicted octanol–water partition coefficient (Wildman–Crippen LogP) is 4.09. The summed E-state index contributed by atoms with van der Waals surface area (Å²) in [6.45, 7) is 1.51. The van der Waals surface area contributed by atoms with Crippen molar-refractivity contribution in [3.05, 3.63) is 28.4 Å². The van der Waals surface area contributed by atoms with Gasteiger partial charge < -0.3 is 0 Å². The molecule has 1 unspecified atom stereocenters.